The van der Waals surface area contributed by atoms with Gasteiger partial charge in [0.2, 0.25) is 0 Å². The van der Waals surface area contributed by atoms with Crippen LogP contribution in [0.2, 0.25) is 0 Å². The molecular formula is C16H21N3O2S. The van der Waals surface area contributed by atoms with Gasteiger partial charge in [-0.2, -0.15) is 16.1 Å². The molecule has 6 heteroatoms. The third-order valence-corrected chi connectivity index (χ3v) is 4.40. The summed E-state index contributed by atoms with van der Waals surface area (Å²) >= 11 is 1.65. The van der Waals surface area contributed by atoms with Crippen molar-refractivity contribution in [1.29, 1.82) is 0 Å². The molecule has 0 saturated heterocycles. The van der Waals surface area contributed by atoms with Gasteiger partial charge in [-0.15, -0.1) is 0 Å². The van der Waals surface area contributed by atoms with Crippen LogP contribution in [0.3, 0.4) is 0 Å². The van der Waals surface area contributed by atoms with E-state index in [9.17, 15) is 10.0 Å². The monoisotopic (exact) mass is 319 g/mol. The zero-order valence-electron chi connectivity index (χ0n) is 12.9. The molecule has 22 heavy (non-hydrogen) atoms. The van der Waals surface area contributed by atoms with E-state index in [1.54, 1.807) is 23.5 Å². The van der Waals surface area contributed by atoms with Crippen LogP contribution in [0.25, 0.3) is 0 Å². The predicted molar refractivity (Wildman–Crippen MR) is 87.7 cm³/mol. The smallest absolute Gasteiger partial charge is 0.317 e. The second-order valence-electron chi connectivity index (χ2n) is 4.92. The summed E-state index contributed by atoms with van der Waals surface area (Å²) in [6.45, 7) is 6.49. The minimum Gasteiger partial charge on any atom is -0.618 e. The molecule has 0 fully saturated rings. The molecule has 1 unspecified atom stereocenters. The van der Waals surface area contributed by atoms with E-state index >= 15 is 0 Å². The lowest BCUT2D eigenvalue weighted by atomic mass is 10.1. The molecule has 2 aromatic rings. The molecule has 0 aliphatic rings. The topological polar surface area (TPSA) is 59.3 Å². The fraction of sp³-hybridized carbons (Fsp3) is 0.375. The van der Waals surface area contributed by atoms with Crippen LogP contribution in [0, 0.1) is 5.21 Å². The number of carbonyl (C=O) groups is 1. The number of hydrogen-bond donors (Lipinski definition) is 1. The predicted octanol–water partition coefficient (Wildman–Crippen LogP) is 2.19. The summed E-state index contributed by atoms with van der Waals surface area (Å²) in [5, 5.41) is 18.6. The largest absolute Gasteiger partial charge is 0.618 e. The van der Waals surface area contributed by atoms with Crippen LogP contribution in [0.15, 0.2) is 41.2 Å². The Morgan fingerprint density at radius 3 is 2.73 bits per heavy atom. The molecule has 1 amide bonds. The zero-order valence-corrected chi connectivity index (χ0v) is 13.7. The van der Waals surface area contributed by atoms with Gasteiger partial charge in [0, 0.05) is 18.7 Å². The standard InChI is InChI=1S/C16H21N3O2S/c1-3-18(4-2)15(13-8-10-22-12-13)11-17-16(20)14-7-5-6-9-19(14)21/h5-10,12,15H,3-4,11H2,1-2H3,(H,17,20). The second-order valence-corrected chi connectivity index (χ2v) is 5.70. The summed E-state index contributed by atoms with van der Waals surface area (Å²) in [7, 11) is 0. The Morgan fingerprint density at radius 2 is 2.14 bits per heavy atom. The Morgan fingerprint density at radius 1 is 1.36 bits per heavy atom. The van der Waals surface area contributed by atoms with Crippen LogP contribution in [-0.4, -0.2) is 30.4 Å². The van der Waals surface area contributed by atoms with E-state index < -0.39 is 0 Å². The van der Waals surface area contributed by atoms with Crippen molar-refractivity contribution in [2.45, 2.75) is 19.9 Å². The van der Waals surface area contributed by atoms with Gasteiger partial charge >= 0.3 is 5.91 Å². The van der Waals surface area contributed by atoms with Gasteiger partial charge in [-0.25, -0.2) is 0 Å². The first kappa shape index (κ1) is 16.5. The van der Waals surface area contributed by atoms with Crippen molar-refractivity contribution in [3.05, 3.63) is 57.7 Å². The number of carbonyl (C=O) groups excluding carboxylic acids is 1. The second kappa shape index (κ2) is 7.91. The molecule has 0 spiro atoms. The molecule has 2 rings (SSSR count). The maximum Gasteiger partial charge on any atom is 0.317 e. The Labute approximate surface area is 134 Å². The van der Waals surface area contributed by atoms with E-state index in [1.165, 1.54) is 17.8 Å². The number of hydrogen-bond acceptors (Lipinski definition) is 4. The highest BCUT2D eigenvalue weighted by atomic mass is 32.1. The number of thiophene rings is 1. The number of likely N-dealkylation sites (N-methyl/N-ethyl adjacent to an activating group) is 1. The molecule has 118 valence electrons. The van der Waals surface area contributed by atoms with Gasteiger partial charge in [0.05, 0.1) is 6.04 Å². The number of aromatic nitrogens is 1. The van der Waals surface area contributed by atoms with Gasteiger partial charge in [0.1, 0.15) is 0 Å². The van der Waals surface area contributed by atoms with Gasteiger partial charge in [0.15, 0.2) is 6.20 Å². The first-order valence-corrected chi connectivity index (χ1v) is 8.34. The quantitative estimate of drug-likeness (QED) is 0.629. The van der Waals surface area contributed by atoms with E-state index in [0.717, 1.165) is 13.1 Å². The Balaban J connectivity index is 2.08. The van der Waals surface area contributed by atoms with Crippen molar-refractivity contribution in [1.82, 2.24) is 10.2 Å². The van der Waals surface area contributed by atoms with Crippen LogP contribution in [0.4, 0.5) is 0 Å². The first-order chi connectivity index (χ1) is 10.7. The molecule has 5 nitrogen and oxygen atoms in total. The first-order valence-electron chi connectivity index (χ1n) is 7.39. The van der Waals surface area contributed by atoms with Crippen molar-refractivity contribution in [3.63, 3.8) is 0 Å². The normalized spacial score (nSPS) is 12.3. The van der Waals surface area contributed by atoms with Gasteiger partial charge in [-0.05, 0) is 41.5 Å². The fourth-order valence-corrected chi connectivity index (χ4v) is 3.18. The Bertz CT molecular complexity index is 597. The summed E-state index contributed by atoms with van der Waals surface area (Å²) in [4.78, 5) is 14.5. The molecule has 1 atom stereocenters. The zero-order chi connectivity index (χ0) is 15.9. The number of amides is 1. The van der Waals surface area contributed by atoms with E-state index in [0.29, 0.717) is 11.3 Å². The van der Waals surface area contributed by atoms with Gasteiger partial charge < -0.3 is 10.5 Å². The number of nitrogens with zero attached hydrogens (tertiary/aromatic N) is 2. The van der Waals surface area contributed by atoms with Crippen LogP contribution >= 0.6 is 11.3 Å². The van der Waals surface area contributed by atoms with Crippen molar-refractivity contribution in [3.8, 4) is 0 Å². The molecule has 2 aromatic heterocycles. The average Bonchev–Trinajstić information content (AvgIpc) is 3.05. The number of pyridine rings is 1. The molecule has 0 aliphatic carbocycles. The maximum absolute atomic E-state index is 12.2. The highest BCUT2D eigenvalue weighted by Crippen LogP contribution is 2.22. The maximum atomic E-state index is 12.2. The fourth-order valence-electron chi connectivity index (χ4n) is 2.47. The third kappa shape index (κ3) is 3.84. The molecule has 0 aromatic carbocycles. The molecule has 0 aliphatic heterocycles. The minimum absolute atomic E-state index is 0.117. The molecule has 0 radical (unpaired) electrons. The number of nitrogens with one attached hydrogen (secondary N) is 1. The summed E-state index contributed by atoms with van der Waals surface area (Å²) in [5.74, 6) is -0.344. The van der Waals surface area contributed by atoms with Crippen LogP contribution in [-0.2, 0) is 0 Å². The lowest BCUT2D eigenvalue weighted by Gasteiger charge is -2.29. The van der Waals surface area contributed by atoms with E-state index in [1.807, 2.05) is 5.38 Å². The number of rotatable bonds is 7. The molecule has 2 heterocycles. The van der Waals surface area contributed by atoms with Gasteiger partial charge in [0.25, 0.3) is 5.69 Å². The summed E-state index contributed by atoms with van der Waals surface area (Å²) < 4.78 is 0.590. The van der Waals surface area contributed by atoms with Crippen molar-refractivity contribution in [2.24, 2.45) is 0 Å². The van der Waals surface area contributed by atoms with Crippen molar-refractivity contribution < 1.29 is 9.52 Å². The Hall–Kier alpha value is -1.92. The summed E-state index contributed by atoms with van der Waals surface area (Å²) in [6, 6.07) is 7.02. The van der Waals surface area contributed by atoms with Crippen LogP contribution in [0.1, 0.15) is 35.9 Å². The van der Waals surface area contributed by atoms with Crippen molar-refractivity contribution >= 4 is 17.2 Å². The molecule has 0 saturated carbocycles. The minimum atomic E-state index is -0.344. The van der Waals surface area contributed by atoms with E-state index in [2.05, 4.69) is 35.5 Å². The Kier molecular flexibility index (Phi) is 5.91. The van der Waals surface area contributed by atoms with E-state index in [-0.39, 0.29) is 17.6 Å². The summed E-state index contributed by atoms with van der Waals surface area (Å²) in [6.07, 6.45) is 1.33. The lowest BCUT2D eigenvalue weighted by molar-refractivity contribution is -0.607. The van der Waals surface area contributed by atoms with Crippen molar-refractivity contribution in [2.75, 3.05) is 19.6 Å². The summed E-state index contributed by atoms with van der Waals surface area (Å²) in [5.41, 5.74) is 1.31. The molecule has 0 bridgehead atoms. The van der Waals surface area contributed by atoms with Gasteiger partial charge in [-0.1, -0.05) is 13.8 Å². The van der Waals surface area contributed by atoms with Crippen LogP contribution < -0.4 is 10.0 Å². The van der Waals surface area contributed by atoms with E-state index in [4.69, 9.17) is 0 Å². The molecule has 1 N–H and O–H groups in total. The molecular weight excluding hydrogens is 298 g/mol. The lowest BCUT2D eigenvalue weighted by Crippen LogP contribution is -2.42. The highest BCUT2D eigenvalue weighted by Gasteiger charge is 2.21. The third-order valence-electron chi connectivity index (χ3n) is 3.69. The highest BCUT2D eigenvalue weighted by molar-refractivity contribution is 7.07. The van der Waals surface area contributed by atoms with Gasteiger partial charge in [-0.3, -0.25) is 9.69 Å². The SMILES string of the molecule is CCN(CC)C(CNC(=O)c1cccc[n+]1[O-])c1ccsc1. The van der Waals surface area contributed by atoms with Crippen LogP contribution in [0.5, 0.6) is 0 Å². The average molecular weight is 319 g/mol.